The molecule has 0 aliphatic rings. The maximum atomic E-state index is 12.6. The van der Waals surface area contributed by atoms with Gasteiger partial charge in [-0.15, -0.1) is 0 Å². The third-order valence-corrected chi connectivity index (χ3v) is 2.15. The second-order valence-electron chi connectivity index (χ2n) is 3.57. The van der Waals surface area contributed by atoms with E-state index >= 15 is 0 Å². The van der Waals surface area contributed by atoms with Gasteiger partial charge in [-0.05, 0) is 18.6 Å². The number of rotatable bonds is 4. The maximum absolute atomic E-state index is 12.6. The Hall–Kier alpha value is -2.04. The summed E-state index contributed by atoms with van der Waals surface area (Å²) >= 11 is 0. The molecule has 0 aliphatic carbocycles. The zero-order valence-electron chi connectivity index (χ0n) is 10.3. The molecule has 0 unspecified atom stereocenters. The predicted molar refractivity (Wildman–Crippen MR) is 66.2 cm³/mol. The number of benzene rings is 1. The van der Waals surface area contributed by atoms with Crippen molar-refractivity contribution in [2.45, 2.75) is 13.1 Å². The average molecular weight is 270 g/mol. The van der Waals surface area contributed by atoms with Crippen LogP contribution in [0.3, 0.4) is 0 Å². The van der Waals surface area contributed by atoms with Crippen LogP contribution in [0.2, 0.25) is 0 Å². The number of hydrogen-bond donors (Lipinski definition) is 0. The zero-order chi connectivity index (χ0) is 14.3. The molecule has 0 atom stereocenters. The predicted octanol–water partition coefficient (Wildman–Crippen LogP) is 3.75. The molecule has 1 rings (SSSR count). The molecule has 1 aromatic rings. The summed E-state index contributed by atoms with van der Waals surface area (Å²) in [5.74, 6) is -1.37. The van der Waals surface area contributed by atoms with Crippen molar-refractivity contribution in [1.29, 1.82) is 0 Å². The van der Waals surface area contributed by atoms with Crippen molar-refractivity contribution in [2.24, 2.45) is 0 Å². The zero-order valence-corrected chi connectivity index (χ0v) is 10.3. The summed E-state index contributed by atoms with van der Waals surface area (Å²) in [6, 6.07) is 8.80. The van der Waals surface area contributed by atoms with E-state index in [2.05, 4.69) is 4.74 Å². The van der Waals surface area contributed by atoms with Gasteiger partial charge in [-0.1, -0.05) is 42.5 Å². The van der Waals surface area contributed by atoms with Crippen molar-refractivity contribution in [3.05, 3.63) is 53.6 Å². The van der Waals surface area contributed by atoms with E-state index in [0.717, 1.165) is 5.56 Å². The quantitative estimate of drug-likeness (QED) is 0.473. The van der Waals surface area contributed by atoms with Crippen LogP contribution in [0, 0.1) is 0 Å². The van der Waals surface area contributed by atoms with Crippen LogP contribution < -0.4 is 0 Å². The van der Waals surface area contributed by atoms with Crippen molar-refractivity contribution in [3.63, 3.8) is 0 Å². The van der Waals surface area contributed by atoms with Gasteiger partial charge >= 0.3 is 12.1 Å². The molecule has 5 heteroatoms. The lowest BCUT2D eigenvalue weighted by molar-refractivity contribution is -0.150. The first-order chi connectivity index (χ1) is 8.95. The van der Waals surface area contributed by atoms with E-state index < -0.39 is 17.7 Å². The first-order valence-electron chi connectivity index (χ1n) is 5.63. The van der Waals surface area contributed by atoms with Gasteiger partial charge in [0.05, 0.1) is 6.61 Å². The second kappa shape index (κ2) is 6.78. The number of esters is 1. The van der Waals surface area contributed by atoms with Crippen molar-refractivity contribution >= 4 is 12.0 Å². The second-order valence-corrected chi connectivity index (χ2v) is 3.57. The molecule has 0 heterocycles. The highest BCUT2D eigenvalue weighted by Crippen LogP contribution is 2.26. The molecule has 0 amide bonds. The van der Waals surface area contributed by atoms with Crippen LogP contribution in [0.15, 0.2) is 48.1 Å². The molecule has 0 saturated carbocycles. The van der Waals surface area contributed by atoms with Crippen LogP contribution in [0.5, 0.6) is 0 Å². The summed E-state index contributed by atoms with van der Waals surface area (Å²) in [6.45, 7) is 1.35. The largest absolute Gasteiger partial charge is 0.462 e. The minimum atomic E-state index is -4.73. The molecular formula is C14H13F3O2. The van der Waals surface area contributed by atoms with E-state index in [1.54, 1.807) is 30.3 Å². The number of alkyl halides is 3. The van der Waals surface area contributed by atoms with Crippen molar-refractivity contribution in [1.82, 2.24) is 0 Å². The van der Waals surface area contributed by atoms with Crippen molar-refractivity contribution < 1.29 is 22.7 Å². The minimum absolute atomic E-state index is 0.103. The maximum Gasteiger partial charge on any atom is 0.423 e. The van der Waals surface area contributed by atoms with Gasteiger partial charge < -0.3 is 4.74 Å². The van der Waals surface area contributed by atoms with Crippen LogP contribution in [0.1, 0.15) is 12.5 Å². The average Bonchev–Trinajstić information content (AvgIpc) is 2.34. The Morgan fingerprint density at radius 1 is 1.26 bits per heavy atom. The van der Waals surface area contributed by atoms with E-state index in [9.17, 15) is 18.0 Å². The summed E-state index contributed by atoms with van der Waals surface area (Å²) in [6.07, 6.45) is -1.36. The molecule has 2 nitrogen and oxygen atoms in total. The van der Waals surface area contributed by atoms with Crippen LogP contribution in [0.25, 0.3) is 6.08 Å². The Morgan fingerprint density at radius 3 is 2.42 bits per heavy atom. The van der Waals surface area contributed by atoms with Gasteiger partial charge in [0.15, 0.2) is 0 Å². The molecular weight excluding hydrogens is 257 g/mol. The van der Waals surface area contributed by atoms with Gasteiger partial charge in [0.1, 0.15) is 5.57 Å². The first-order valence-corrected chi connectivity index (χ1v) is 5.63. The van der Waals surface area contributed by atoms with Gasteiger partial charge in [0.2, 0.25) is 0 Å². The van der Waals surface area contributed by atoms with E-state index in [0.29, 0.717) is 6.08 Å². The van der Waals surface area contributed by atoms with Crippen LogP contribution >= 0.6 is 0 Å². The number of carbonyl (C=O) groups is 1. The summed E-state index contributed by atoms with van der Waals surface area (Å²) < 4.78 is 42.2. The summed E-state index contributed by atoms with van der Waals surface area (Å²) in [4.78, 5) is 11.2. The molecule has 1 aromatic carbocycles. The Balaban J connectivity index is 2.90. The number of ether oxygens (including phenoxy) is 1. The van der Waals surface area contributed by atoms with E-state index in [1.165, 1.54) is 19.1 Å². The molecule has 0 saturated heterocycles. The number of hydrogen-bond acceptors (Lipinski definition) is 2. The van der Waals surface area contributed by atoms with Crippen molar-refractivity contribution in [2.75, 3.05) is 6.61 Å². The van der Waals surface area contributed by atoms with Crippen LogP contribution in [-0.4, -0.2) is 18.8 Å². The van der Waals surface area contributed by atoms with Gasteiger partial charge in [0, 0.05) is 0 Å². The Labute approximate surface area is 109 Å². The summed E-state index contributed by atoms with van der Waals surface area (Å²) in [7, 11) is 0. The molecule has 0 bridgehead atoms. The van der Waals surface area contributed by atoms with E-state index in [4.69, 9.17) is 0 Å². The molecule has 0 radical (unpaired) electrons. The van der Waals surface area contributed by atoms with Crippen LogP contribution in [0.4, 0.5) is 13.2 Å². The van der Waals surface area contributed by atoms with Gasteiger partial charge in [-0.3, -0.25) is 0 Å². The summed E-state index contributed by atoms with van der Waals surface area (Å²) in [5.41, 5.74) is -0.578. The molecule has 0 aromatic heterocycles. The monoisotopic (exact) mass is 270 g/mol. The normalized spacial score (nSPS) is 12.7. The van der Waals surface area contributed by atoms with Gasteiger partial charge in [-0.25, -0.2) is 4.79 Å². The highest BCUT2D eigenvalue weighted by atomic mass is 19.4. The highest BCUT2D eigenvalue weighted by molar-refractivity contribution is 5.90. The SMILES string of the molecule is CCOC(=O)/C(=C\C=C\c1ccccc1)C(F)(F)F. The molecule has 102 valence electrons. The van der Waals surface area contributed by atoms with E-state index in [-0.39, 0.29) is 6.61 Å². The van der Waals surface area contributed by atoms with Gasteiger partial charge in [0.25, 0.3) is 0 Å². The Bertz CT molecular complexity index is 473. The lowest BCUT2D eigenvalue weighted by Gasteiger charge is -2.09. The Morgan fingerprint density at radius 2 is 1.89 bits per heavy atom. The topological polar surface area (TPSA) is 26.3 Å². The molecule has 0 N–H and O–H groups in total. The third-order valence-electron chi connectivity index (χ3n) is 2.15. The standard InChI is InChI=1S/C14H13F3O2/c1-2-19-13(18)12(14(15,16)17)10-6-9-11-7-4-3-5-8-11/h3-10H,2H2,1H3/b9-6+,12-10+. The molecule has 0 fully saturated rings. The number of carbonyl (C=O) groups excluding carboxylic acids is 1. The number of halogens is 3. The van der Waals surface area contributed by atoms with Crippen LogP contribution in [-0.2, 0) is 9.53 Å². The lowest BCUT2D eigenvalue weighted by Crippen LogP contribution is -2.22. The molecule has 19 heavy (non-hydrogen) atoms. The van der Waals surface area contributed by atoms with Crippen molar-refractivity contribution in [3.8, 4) is 0 Å². The Kier molecular flexibility index (Phi) is 5.36. The van der Waals surface area contributed by atoms with Gasteiger partial charge in [-0.2, -0.15) is 13.2 Å². The highest BCUT2D eigenvalue weighted by Gasteiger charge is 2.39. The fraction of sp³-hybridized carbons (Fsp3) is 0.214. The molecule has 0 spiro atoms. The fourth-order valence-corrected chi connectivity index (χ4v) is 1.31. The third kappa shape index (κ3) is 4.99. The molecule has 0 aliphatic heterocycles. The number of allylic oxidation sites excluding steroid dienone is 2. The lowest BCUT2D eigenvalue weighted by atomic mass is 10.2. The smallest absolute Gasteiger partial charge is 0.423 e. The van der Waals surface area contributed by atoms with E-state index in [1.807, 2.05) is 0 Å². The first kappa shape index (κ1) is 15.0. The summed E-state index contributed by atoms with van der Waals surface area (Å²) in [5, 5.41) is 0. The fourth-order valence-electron chi connectivity index (χ4n) is 1.31. The minimum Gasteiger partial charge on any atom is -0.462 e.